The van der Waals surface area contributed by atoms with E-state index in [4.69, 9.17) is 4.74 Å². The van der Waals surface area contributed by atoms with Gasteiger partial charge >= 0.3 is 5.91 Å². The molecular weight excluding hydrogens is 296 g/mol. The quantitative estimate of drug-likeness (QED) is 0.488. The molecule has 1 spiro atoms. The maximum Gasteiger partial charge on any atom is 0.327 e. The van der Waals surface area contributed by atoms with E-state index in [9.17, 15) is 9.59 Å². The minimum Gasteiger partial charge on any atom is -0.374 e. The van der Waals surface area contributed by atoms with E-state index >= 15 is 0 Å². The van der Waals surface area contributed by atoms with Crippen LogP contribution in [0.15, 0.2) is 0 Å². The van der Waals surface area contributed by atoms with Gasteiger partial charge in [-0.2, -0.15) is 0 Å². The number of quaternary nitrogens is 1. The van der Waals surface area contributed by atoms with Gasteiger partial charge in [-0.15, -0.1) is 0 Å². The zero-order chi connectivity index (χ0) is 16.1. The van der Waals surface area contributed by atoms with Gasteiger partial charge in [0.2, 0.25) is 5.91 Å². The van der Waals surface area contributed by atoms with E-state index in [0.29, 0.717) is 45.3 Å². The maximum absolute atomic E-state index is 12.8. The summed E-state index contributed by atoms with van der Waals surface area (Å²) in [5.41, 5.74) is -0.888. The average molecular weight is 325 g/mol. The van der Waals surface area contributed by atoms with Crippen molar-refractivity contribution in [1.82, 2.24) is 15.5 Å². The number of hydrogen-bond acceptors (Lipinski definition) is 5. The van der Waals surface area contributed by atoms with Crippen LogP contribution in [0.1, 0.15) is 25.7 Å². The fraction of sp³-hybridized carbons (Fsp3) is 0.875. The van der Waals surface area contributed by atoms with Gasteiger partial charge in [-0.25, -0.2) is 4.79 Å². The molecule has 3 fully saturated rings. The van der Waals surface area contributed by atoms with Gasteiger partial charge in [0.15, 0.2) is 5.41 Å². The Balaban J connectivity index is 1.76. The number of nitrogens with zero attached hydrogens (tertiary/aromatic N) is 1. The minimum absolute atomic E-state index is 0.0147. The normalized spacial score (nSPS) is 32.7. The van der Waals surface area contributed by atoms with Crippen molar-refractivity contribution in [2.45, 2.75) is 31.7 Å². The van der Waals surface area contributed by atoms with Crippen LogP contribution in [0, 0.1) is 5.41 Å². The lowest BCUT2D eigenvalue weighted by Gasteiger charge is -2.43. The molecule has 0 aromatic carbocycles. The maximum atomic E-state index is 12.8. The van der Waals surface area contributed by atoms with E-state index in [0.717, 1.165) is 38.9 Å². The first-order valence-corrected chi connectivity index (χ1v) is 8.91. The van der Waals surface area contributed by atoms with Crippen molar-refractivity contribution < 1.29 is 19.6 Å². The Kier molecular flexibility index (Phi) is 5.63. The van der Waals surface area contributed by atoms with Crippen LogP contribution >= 0.6 is 0 Å². The van der Waals surface area contributed by atoms with Gasteiger partial charge in [0.05, 0.1) is 13.2 Å². The largest absolute Gasteiger partial charge is 0.374 e. The number of nitrogens with two attached hydrogens (primary N) is 1. The van der Waals surface area contributed by atoms with Crippen molar-refractivity contribution in [3.05, 3.63) is 0 Å². The molecule has 23 heavy (non-hydrogen) atoms. The van der Waals surface area contributed by atoms with Crippen molar-refractivity contribution >= 4 is 11.8 Å². The lowest BCUT2D eigenvalue weighted by atomic mass is 9.77. The van der Waals surface area contributed by atoms with Crippen molar-refractivity contribution in [2.75, 3.05) is 52.5 Å². The highest BCUT2D eigenvalue weighted by Crippen LogP contribution is 2.32. The van der Waals surface area contributed by atoms with Gasteiger partial charge < -0.3 is 15.4 Å². The third-order valence-electron chi connectivity index (χ3n) is 5.38. The summed E-state index contributed by atoms with van der Waals surface area (Å²) in [7, 11) is 0. The van der Waals surface area contributed by atoms with Gasteiger partial charge in [-0.1, -0.05) is 0 Å². The Morgan fingerprint density at radius 3 is 2.83 bits per heavy atom. The van der Waals surface area contributed by atoms with Crippen LogP contribution in [0.2, 0.25) is 0 Å². The lowest BCUT2D eigenvalue weighted by Crippen LogP contribution is -2.93. The first-order chi connectivity index (χ1) is 11.2. The van der Waals surface area contributed by atoms with E-state index in [1.807, 2.05) is 0 Å². The molecular formula is C16H29N4O3+. The topological polar surface area (TPSA) is 87.3 Å². The Morgan fingerprint density at radius 1 is 1.17 bits per heavy atom. The van der Waals surface area contributed by atoms with E-state index in [1.165, 1.54) is 0 Å². The molecule has 1 atom stereocenters. The van der Waals surface area contributed by atoms with Crippen LogP contribution in [-0.2, 0) is 14.3 Å². The first kappa shape index (κ1) is 16.8. The fourth-order valence-electron chi connectivity index (χ4n) is 4.05. The van der Waals surface area contributed by atoms with E-state index in [2.05, 4.69) is 15.5 Å². The summed E-state index contributed by atoms with van der Waals surface area (Å²) in [6, 6.07) is 0.493. The molecule has 0 aromatic rings. The van der Waals surface area contributed by atoms with Crippen LogP contribution in [0.5, 0.6) is 0 Å². The van der Waals surface area contributed by atoms with Crippen molar-refractivity contribution in [3.8, 4) is 0 Å². The number of nitrogens with one attached hydrogen (secondary N) is 2. The summed E-state index contributed by atoms with van der Waals surface area (Å²) in [5, 5.41) is 7.98. The molecule has 0 saturated carbocycles. The van der Waals surface area contributed by atoms with Crippen LogP contribution in [-0.4, -0.2) is 75.2 Å². The third kappa shape index (κ3) is 3.74. The van der Waals surface area contributed by atoms with E-state index in [1.54, 1.807) is 5.32 Å². The minimum atomic E-state index is -0.888. The number of ether oxygens (including phenoxy) is 1. The monoisotopic (exact) mass is 325 g/mol. The average Bonchev–Trinajstić information content (AvgIpc) is 2.60. The van der Waals surface area contributed by atoms with E-state index < -0.39 is 5.41 Å². The van der Waals surface area contributed by atoms with Gasteiger partial charge in [0.25, 0.3) is 0 Å². The standard InChI is InChI=1S/C16H28N4O3/c21-14-16(15(22)19-8-11-23-10-7-18-14)4-1-9-20(12-16)13-2-5-17-6-3-13/h13,17H,1-12H2,(H,18,21)(H,19,22)/p+1. The zero-order valence-electron chi connectivity index (χ0n) is 13.8. The van der Waals surface area contributed by atoms with Crippen LogP contribution < -0.4 is 16.0 Å². The number of hydrogen-bond donors (Lipinski definition) is 3. The Labute approximate surface area is 137 Å². The highest BCUT2D eigenvalue weighted by atomic mass is 16.5. The predicted molar refractivity (Wildman–Crippen MR) is 84.8 cm³/mol. The van der Waals surface area contributed by atoms with Crippen LogP contribution in [0.25, 0.3) is 0 Å². The number of carbonyl (C=O) groups excluding carboxylic acids is 2. The molecule has 1 unspecified atom stereocenters. The second-order valence-corrected chi connectivity index (χ2v) is 6.86. The van der Waals surface area contributed by atoms with Gasteiger partial charge in [-0.05, 0) is 45.3 Å². The van der Waals surface area contributed by atoms with Gasteiger partial charge in [0.1, 0.15) is 6.54 Å². The van der Waals surface area contributed by atoms with Crippen LogP contribution in [0.4, 0.5) is 0 Å². The summed E-state index contributed by atoms with van der Waals surface area (Å²) in [6.07, 6.45) is 3.77. The Morgan fingerprint density at radius 2 is 2.00 bits per heavy atom. The fourth-order valence-corrected chi connectivity index (χ4v) is 4.05. The molecule has 0 bridgehead atoms. The van der Waals surface area contributed by atoms with Crippen LogP contribution in [0.3, 0.4) is 0 Å². The SMILES string of the molecule is O=C1NCCOCC[NH2+]C(=O)C12CCCN(C1CCNCC1)C2. The second-order valence-electron chi connectivity index (χ2n) is 6.86. The summed E-state index contributed by atoms with van der Waals surface area (Å²) in [5.74, 6) is -0.123. The summed E-state index contributed by atoms with van der Waals surface area (Å²) >= 11 is 0. The molecule has 0 aliphatic carbocycles. The molecule has 3 aliphatic heterocycles. The molecule has 3 saturated heterocycles. The Bertz CT molecular complexity index is 417. The molecule has 130 valence electrons. The molecule has 3 rings (SSSR count). The van der Waals surface area contributed by atoms with Crippen molar-refractivity contribution in [3.63, 3.8) is 0 Å². The number of amides is 2. The van der Waals surface area contributed by atoms with Gasteiger partial charge in [0, 0.05) is 19.1 Å². The second kappa shape index (κ2) is 7.70. The zero-order valence-corrected chi connectivity index (χ0v) is 13.8. The molecule has 7 heteroatoms. The van der Waals surface area contributed by atoms with E-state index in [-0.39, 0.29) is 11.8 Å². The number of carbonyl (C=O) groups is 2. The lowest BCUT2D eigenvalue weighted by molar-refractivity contribution is -0.576. The molecule has 0 radical (unpaired) electrons. The number of piperidine rings is 2. The molecule has 3 aliphatic rings. The number of rotatable bonds is 1. The van der Waals surface area contributed by atoms with Gasteiger partial charge in [-0.3, -0.25) is 15.0 Å². The molecule has 0 aromatic heterocycles. The predicted octanol–water partition coefficient (Wildman–Crippen LogP) is -1.94. The summed E-state index contributed by atoms with van der Waals surface area (Å²) in [6.45, 7) is 5.77. The van der Waals surface area contributed by atoms with Crippen molar-refractivity contribution in [2.24, 2.45) is 5.41 Å². The molecule has 4 N–H and O–H groups in total. The highest BCUT2D eigenvalue weighted by Gasteiger charge is 2.52. The Hall–Kier alpha value is -1.02. The summed E-state index contributed by atoms with van der Waals surface area (Å²) in [4.78, 5) is 28.0. The molecule has 7 nitrogen and oxygen atoms in total. The first-order valence-electron chi connectivity index (χ1n) is 8.91. The molecule has 3 heterocycles. The van der Waals surface area contributed by atoms with Crippen molar-refractivity contribution in [1.29, 1.82) is 0 Å². The number of primary amides is 1. The third-order valence-corrected chi connectivity index (χ3v) is 5.38. The molecule has 2 amide bonds. The highest BCUT2D eigenvalue weighted by molar-refractivity contribution is 6.01. The smallest absolute Gasteiger partial charge is 0.327 e. The number of likely N-dealkylation sites (tertiary alicyclic amines) is 1. The summed E-state index contributed by atoms with van der Waals surface area (Å²) < 4.78 is 5.38.